The molecule has 1 aromatic heterocycles. The summed E-state index contributed by atoms with van der Waals surface area (Å²) in [5, 5.41) is 0.166. The van der Waals surface area contributed by atoms with E-state index in [4.69, 9.17) is 21.1 Å². The number of hydrogen-bond acceptors (Lipinski definition) is 5. The lowest BCUT2D eigenvalue weighted by atomic mass is 10.1. The summed E-state index contributed by atoms with van der Waals surface area (Å²) in [6.45, 7) is 4.48. The lowest BCUT2D eigenvalue weighted by Crippen LogP contribution is -2.16. The predicted octanol–water partition coefficient (Wildman–Crippen LogP) is 3.64. The van der Waals surface area contributed by atoms with E-state index >= 15 is 0 Å². The second-order valence-electron chi connectivity index (χ2n) is 5.47. The Morgan fingerprint density at radius 1 is 1.15 bits per heavy atom. The molecule has 0 saturated carbocycles. The number of aryl methyl sites for hydroxylation is 1. The summed E-state index contributed by atoms with van der Waals surface area (Å²) in [7, 11) is 0. The Kier molecular flexibility index (Phi) is 6.15. The van der Waals surface area contributed by atoms with Crippen LogP contribution in [0.2, 0.25) is 5.02 Å². The van der Waals surface area contributed by atoms with Gasteiger partial charge in [0.15, 0.2) is 6.61 Å². The van der Waals surface area contributed by atoms with E-state index in [0.29, 0.717) is 11.3 Å². The first-order valence-electron chi connectivity index (χ1n) is 7.77. The van der Waals surface area contributed by atoms with Gasteiger partial charge in [0.25, 0.3) is 0 Å². The fourth-order valence-electron chi connectivity index (χ4n) is 2.47. The molecule has 1 aromatic carbocycles. The first kappa shape index (κ1) is 19.7. The highest BCUT2D eigenvalue weighted by molar-refractivity contribution is 6.30. The smallest absolute Gasteiger partial charge is 0.341 e. The van der Waals surface area contributed by atoms with E-state index in [-0.39, 0.29) is 28.5 Å². The van der Waals surface area contributed by atoms with E-state index in [2.05, 4.69) is 4.98 Å². The average molecular weight is 382 g/mol. The van der Waals surface area contributed by atoms with Crippen LogP contribution in [0.4, 0.5) is 4.39 Å². The maximum absolute atomic E-state index is 13.6. The third-order valence-corrected chi connectivity index (χ3v) is 3.91. The Bertz CT molecular complexity index is 875. The first-order chi connectivity index (χ1) is 12.3. The van der Waals surface area contributed by atoms with Crippen LogP contribution in [-0.2, 0) is 9.47 Å². The number of ketones is 1. The van der Waals surface area contributed by atoms with E-state index in [1.807, 2.05) is 0 Å². The van der Waals surface area contributed by atoms with Crippen molar-refractivity contribution in [3.8, 4) is 0 Å². The van der Waals surface area contributed by atoms with Gasteiger partial charge in [-0.05, 0) is 44.5 Å². The number of aromatic nitrogens is 1. The van der Waals surface area contributed by atoms with Gasteiger partial charge in [-0.2, -0.15) is 0 Å². The van der Waals surface area contributed by atoms with Gasteiger partial charge in [0, 0.05) is 10.7 Å². The zero-order valence-electron chi connectivity index (χ0n) is 14.4. The number of benzene rings is 1. The molecule has 0 unspecified atom stereocenters. The molecule has 0 aliphatic heterocycles. The zero-order chi connectivity index (χ0) is 19.4. The molecule has 0 aliphatic carbocycles. The number of hydrogen-bond donors (Lipinski definition) is 1. The zero-order valence-corrected chi connectivity index (χ0v) is 15.2. The normalized spacial score (nSPS) is 10.5. The highest BCUT2D eigenvalue weighted by atomic mass is 35.5. The van der Waals surface area contributed by atoms with Gasteiger partial charge in [-0.15, -0.1) is 0 Å². The number of esters is 2. The van der Waals surface area contributed by atoms with Gasteiger partial charge in [-0.1, -0.05) is 11.6 Å². The van der Waals surface area contributed by atoms with Gasteiger partial charge < -0.3 is 14.5 Å². The maximum Gasteiger partial charge on any atom is 0.341 e. The van der Waals surface area contributed by atoms with Crippen molar-refractivity contribution in [1.29, 1.82) is 0 Å². The van der Waals surface area contributed by atoms with Crippen molar-refractivity contribution in [3.05, 3.63) is 57.1 Å². The van der Waals surface area contributed by atoms with Gasteiger partial charge in [0.05, 0.1) is 23.4 Å². The molecule has 2 aromatic rings. The molecule has 1 N–H and O–H groups in total. The van der Waals surface area contributed by atoms with Crippen molar-refractivity contribution in [2.75, 3.05) is 13.2 Å². The van der Waals surface area contributed by atoms with Gasteiger partial charge in [0.1, 0.15) is 5.82 Å². The summed E-state index contributed by atoms with van der Waals surface area (Å²) < 4.78 is 23.5. The number of ether oxygens (including phenoxy) is 2. The molecule has 138 valence electrons. The number of carbonyl (C=O) groups excluding carboxylic acids is 3. The number of nitrogens with one attached hydrogen (secondary N) is 1. The molecule has 26 heavy (non-hydrogen) atoms. The molecule has 2 rings (SSSR count). The Labute approximate surface area is 154 Å². The van der Waals surface area contributed by atoms with Crippen molar-refractivity contribution in [2.45, 2.75) is 20.8 Å². The van der Waals surface area contributed by atoms with Crippen LogP contribution < -0.4 is 0 Å². The van der Waals surface area contributed by atoms with Crippen molar-refractivity contribution < 1.29 is 28.2 Å². The molecule has 0 fully saturated rings. The molecular weight excluding hydrogens is 365 g/mol. The number of carbonyl (C=O) groups is 3. The third kappa shape index (κ3) is 4.11. The SMILES string of the molecule is CCOC(=O)c1c(C)[nH]c(C(=O)COC(=O)c2cc(Cl)ccc2F)c1C. The van der Waals surface area contributed by atoms with Crippen LogP contribution >= 0.6 is 11.6 Å². The number of halogens is 2. The summed E-state index contributed by atoms with van der Waals surface area (Å²) >= 11 is 5.73. The minimum Gasteiger partial charge on any atom is -0.462 e. The second-order valence-corrected chi connectivity index (χ2v) is 5.91. The fraction of sp³-hybridized carbons (Fsp3) is 0.278. The molecule has 0 bridgehead atoms. The van der Waals surface area contributed by atoms with Crippen LogP contribution in [0.5, 0.6) is 0 Å². The van der Waals surface area contributed by atoms with Crippen LogP contribution in [0, 0.1) is 19.7 Å². The molecular formula is C18H17ClFNO5. The van der Waals surface area contributed by atoms with Crippen LogP contribution in [0.15, 0.2) is 18.2 Å². The standard InChI is InChI=1S/C18H17ClFNO5/c1-4-25-18(24)15-9(2)16(21-10(15)3)14(22)8-26-17(23)12-7-11(19)5-6-13(12)20/h5-7,21H,4,8H2,1-3H3. The Hall–Kier alpha value is -2.67. The number of aromatic amines is 1. The number of rotatable bonds is 6. The Balaban J connectivity index is 2.13. The summed E-state index contributed by atoms with van der Waals surface area (Å²) in [6, 6.07) is 3.44. The topological polar surface area (TPSA) is 85.5 Å². The lowest BCUT2D eigenvalue weighted by Gasteiger charge is -2.06. The molecule has 0 radical (unpaired) electrons. The quantitative estimate of drug-likeness (QED) is 0.610. The van der Waals surface area contributed by atoms with Crippen LogP contribution in [-0.4, -0.2) is 35.9 Å². The van der Waals surface area contributed by atoms with Crippen molar-refractivity contribution in [3.63, 3.8) is 0 Å². The molecule has 0 spiro atoms. The molecule has 8 heteroatoms. The fourth-order valence-corrected chi connectivity index (χ4v) is 2.65. The second kappa shape index (κ2) is 8.14. The minimum atomic E-state index is -1.01. The van der Waals surface area contributed by atoms with Gasteiger partial charge in [0.2, 0.25) is 5.78 Å². The Morgan fingerprint density at radius 2 is 1.85 bits per heavy atom. The van der Waals surface area contributed by atoms with Crippen LogP contribution in [0.3, 0.4) is 0 Å². The summed E-state index contributed by atoms with van der Waals surface area (Å²) in [6.07, 6.45) is 0. The molecule has 0 atom stereocenters. The number of H-pyrrole nitrogens is 1. The van der Waals surface area contributed by atoms with Gasteiger partial charge in [-0.25, -0.2) is 14.0 Å². The van der Waals surface area contributed by atoms with Crippen LogP contribution in [0.25, 0.3) is 0 Å². The maximum atomic E-state index is 13.6. The van der Waals surface area contributed by atoms with Crippen molar-refractivity contribution >= 4 is 29.3 Å². The summed E-state index contributed by atoms with van der Waals surface area (Å²) in [4.78, 5) is 39.0. The van der Waals surface area contributed by atoms with E-state index < -0.39 is 30.1 Å². The van der Waals surface area contributed by atoms with Gasteiger partial charge in [-0.3, -0.25) is 4.79 Å². The van der Waals surface area contributed by atoms with Crippen molar-refractivity contribution in [1.82, 2.24) is 4.98 Å². The first-order valence-corrected chi connectivity index (χ1v) is 8.15. The molecule has 6 nitrogen and oxygen atoms in total. The highest BCUT2D eigenvalue weighted by Gasteiger charge is 2.24. The van der Waals surface area contributed by atoms with E-state index in [1.54, 1.807) is 20.8 Å². The monoisotopic (exact) mass is 381 g/mol. The third-order valence-electron chi connectivity index (χ3n) is 3.68. The largest absolute Gasteiger partial charge is 0.462 e. The highest BCUT2D eigenvalue weighted by Crippen LogP contribution is 2.20. The molecule has 0 amide bonds. The molecule has 0 aliphatic rings. The van der Waals surface area contributed by atoms with E-state index in [0.717, 1.165) is 12.1 Å². The van der Waals surface area contributed by atoms with Crippen molar-refractivity contribution in [2.24, 2.45) is 0 Å². The average Bonchev–Trinajstić information content (AvgIpc) is 2.89. The van der Waals surface area contributed by atoms with E-state index in [9.17, 15) is 18.8 Å². The summed E-state index contributed by atoms with van der Waals surface area (Å²) in [5.74, 6) is -2.92. The lowest BCUT2D eigenvalue weighted by molar-refractivity contribution is 0.0467. The Morgan fingerprint density at radius 3 is 2.50 bits per heavy atom. The molecule has 0 saturated heterocycles. The summed E-state index contributed by atoms with van der Waals surface area (Å²) in [5.41, 5.74) is 0.900. The molecule has 1 heterocycles. The predicted molar refractivity (Wildman–Crippen MR) is 92.2 cm³/mol. The number of Topliss-reactive ketones (excluding diaryl/α,β-unsaturated/α-hetero) is 1. The minimum absolute atomic E-state index is 0.130. The van der Waals surface area contributed by atoms with E-state index in [1.165, 1.54) is 6.07 Å². The van der Waals surface area contributed by atoms with Gasteiger partial charge >= 0.3 is 11.9 Å². The van der Waals surface area contributed by atoms with Crippen LogP contribution in [0.1, 0.15) is 49.4 Å².